The third kappa shape index (κ3) is 6.04. The first-order valence-electron chi connectivity index (χ1n) is 9.98. The van der Waals surface area contributed by atoms with E-state index in [1.165, 1.54) is 12.1 Å². The standard InChI is InChI=1S/C23H27FN2O3/c1-29-21-10-5-19(6-11-21)17-23(28)26-14-2-13-25(15-16-26)22(27)12-7-18-3-8-20(24)9-4-18/h3-6,8-11H,2,7,12-17H2,1H3. The smallest absolute Gasteiger partial charge is 0.227 e. The van der Waals surface area contributed by atoms with Gasteiger partial charge >= 0.3 is 0 Å². The van der Waals surface area contributed by atoms with E-state index in [1.54, 1.807) is 19.2 Å². The minimum Gasteiger partial charge on any atom is -0.497 e. The number of rotatable bonds is 6. The highest BCUT2D eigenvalue weighted by Crippen LogP contribution is 2.14. The summed E-state index contributed by atoms with van der Waals surface area (Å²) in [5.74, 6) is 0.660. The summed E-state index contributed by atoms with van der Waals surface area (Å²) in [4.78, 5) is 28.9. The summed E-state index contributed by atoms with van der Waals surface area (Å²) in [5.41, 5.74) is 1.90. The molecule has 2 aromatic rings. The van der Waals surface area contributed by atoms with E-state index in [2.05, 4.69) is 0 Å². The Labute approximate surface area is 171 Å². The van der Waals surface area contributed by atoms with Gasteiger partial charge in [-0.25, -0.2) is 4.39 Å². The molecule has 2 aromatic carbocycles. The molecule has 0 atom stereocenters. The van der Waals surface area contributed by atoms with Crippen molar-refractivity contribution in [2.45, 2.75) is 25.7 Å². The molecule has 154 valence electrons. The van der Waals surface area contributed by atoms with Gasteiger partial charge in [0.05, 0.1) is 13.5 Å². The van der Waals surface area contributed by atoms with Crippen LogP contribution >= 0.6 is 0 Å². The molecular formula is C23H27FN2O3. The van der Waals surface area contributed by atoms with Crippen molar-refractivity contribution in [3.63, 3.8) is 0 Å². The average molecular weight is 398 g/mol. The van der Waals surface area contributed by atoms with Crippen molar-refractivity contribution < 1.29 is 18.7 Å². The fourth-order valence-corrected chi connectivity index (χ4v) is 3.51. The highest BCUT2D eigenvalue weighted by Gasteiger charge is 2.22. The number of halogens is 1. The summed E-state index contributed by atoms with van der Waals surface area (Å²) in [5, 5.41) is 0. The molecular weight excluding hydrogens is 371 g/mol. The van der Waals surface area contributed by atoms with Crippen molar-refractivity contribution in [1.82, 2.24) is 9.80 Å². The van der Waals surface area contributed by atoms with Gasteiger partial charge in [-0.2, -0.15) is 0 Å². The molecule has 2 amide bonds. The zero-order chi connectivity index (χ0) is 20.6. The maximum Gasteiger partial charge on any atom is 0.227 e. The second kappa shape index (κ2) is 10.0. The number of benzene rings is 2. The summed E-state index contributed by atoms with van der Waals surface area (Å²) in [6, 6.07) is 13.8. The van der Waals surface area contributed by atoms with Crippen LogP contribution in [0, 0.1) is 5.82 Å². The maximum atomic E-state index is 13.0. The summed E-state index contributed by atoms with van der Waals surface area (Å²) in [6.07, 6.45) is 2.11. The Kier molecular flexibility index (Phi) is 7.22. The monoisotopic (exact) mass is 398 g/mol. The van der Waals surface area contributed by atoms with Crippen LogP contribution in [0.5, 0.6) is 5.75 Å². The van der Waals surface area contributed by atoms with Crippen molar-refractivity contribution in [2.75, 3.05) is 33.3 Å². The van der Waals surface area contributed by atoms with Crippen LogP contribution in [-0.2, 0) is 22.4 Å². The number of hydrogen-bond donors (Lipinski definition) is 0. The van der Waals surface area contributed by atoms with E-state index in [0.29, 0.717) is 45.4 Å². The normalized spacial score (nSPS) is 14.4. The lowest BCUT2D eigenvalue weighted by molar-refractivity contribution is -0.133. The fourth-order valence-electron chi connectivity index (χ4n) is 3.51. The Morgan fingerprint density at radius 1 is 0.862 bits per heavy atom. The van der Waals surface area contributed by atoms with Gasteiger partial charge in [0.15, 0.2) is 0 Å². The van der Waals surface area contributed by atoms with Crippen molar-refractivity contribution in [1.29, 1.82) is 0 Å². The largest absolute Gasteiger partial charge is 0.497 e. The van der Waals surface area contributed by atoms with E-state index in [-0.39, 0.29) is 17.6 Å². The van der Waals surface area contributed by atoms with E-state index < -0.39 is 0 Å². The number of carbonyl (C=O) groups is 2. The van der Waals surface area contributed by atoms with Crippen LogP contribution in [0.15, 0.2) is 48.5 Å². The first-order valence-corrected chi connectivity index (χ1v) is 9.98. The zero-order valence-corrected chi connectivity index (χ0v) is 16.8. The first-order chi connectivity index (χ1) is 14.0. The third-order valence-electron chi connectivity index (χ3n) is 5.26. The van der Waals surface area contributed by atoms with Crippen LogP contribution in [0.3, 0.4) is 0 Å². The molecule has 3 rings (SSSR count). The quantitative estimate of drug-likeness (QED) is 0.752. The Morgan fingerprint density at radius 3 is 2.07 bits per heavy atom. The number of methoxy groups -OCH3 is 1. The van der Waals surface area contributed by atoms with Crippen molar-refractivity contribution in [2.24, 2.45) is 0 Å². The predicted octanol–water partition coefficient (Wildman–Crippen LogP) is 3.07. The number of ether oxygens (including phenoxy) is 1. The van der Waals surface area contributed by atoms with Gasteiger partial charge in [0.25, 0.3) is 0 Å². The predicted molar refractivity (Wildman–Crippen MR) is 109 cm³/mol. The van der Waals surface area contributed by atoms with Crippen molar-refractivity contribution >= 4 is 11.8 Å². The number of carbonyl (C=O) groups excluding carboxylic acids is 2. The van der Waals surface area contributed by atoms with E-state index in [9.17, 15) is 14.0 Å². The second-order valence-electron chi connectivity index (χ2n) is 7.27. The van der Waals surface area contributed by atoms with Crippen molar-refractivity contribution in [3.8, 4) is 5.75 Å². The van der Waals surface area contributed by atoms with Crippen LogP contribution in [0.2, 0.25) is 0 Å². The molecule has 0 aliphatic carbocycles. The van der Waals surface area contributed by atoms with Crippen LogP contribution in [-0.4, -0.2) is 54.9 Å². The fraction of sp³-hybridized carbons (Fsp3) is 0.391. The Hall–Kier alpha value is -2.89. The minimum absolute atomic E-state index is 0.0794. The van der Waals surface area contributed by atoms with E-state index in [1.807, 2.05) is 34.1 Å². The van der Waals surface area contributed by atoms with Gasteiger partial charge in [0.2, 0.25) is 11.8 Å². The third-order valence-corrected chi connectivity index (χ3v) is 5.26. The Bertz CT molecular complexity index is 821. The molecule has 5 nitrogen and oxygen atoms in total. The maximum absolute atomic E-state index is 13.0. The topological polar surface area (TPSA) is 49.9 Å². The van der Waals surface area contributed by atoms with Gasteiger partial charge in [0, 0.05) is 32.6 Å². The molecule has 1 aliphatic heterocycles. The molecule has 0 radical (unpaired) electrons. The molecule has 1 aliphatic rings. The SMILES string of the molecule is COc1ccc(CC(=O)N2CCCN(C(=O)CCc3ccc(F)cc3)CC2)cc1. The number of aryl methyl sites for hydroxylation is 1. The van der Waals surface area contributed by atoms with Crippen LogP contribution in [0.25, 0.3) is 0 Å². The van der Waals surface area contributed by atoms with Crippen LogP contribution < -0.4 is 4.74 Å². The Balaban J connectivity index is 1.47. The molecule has 0 saturated carbocycles. The lowest BCUT2D eigenvalue weighted by atomic mass is 10.1. The lowest BCUT2D eigenvalue weighted by Gasteiger charge is -2.22. The van der Waals surface area contributed by atoms with Crippen molar-refractivity contribution in [3.05, 3.63) is 65.5 Å². The summed E-state index contributed by atoms with van der Waals surface area (Å²) in [7, 11) is 1.62. The second-order valence-corrected chi connectivity index (χ2v) is 7.27. The molecule has 1 fully saturated rings. The molecule has 0 N–H and O–H groups in total. The average Bonchev–Trinajstić information content (AvgIpc) is 3.00. The van der Waals surface area contributed by atoms with Crippen LogP contribution in [0.4, 0.5) is 4.39 Å². The van der Waals surface area contributed by atoms with E-state index in [4.69, 9.17) is 4.74 Å². The molecule has 29 heavy (non-hydrogen) atoms. The molecule has 1 heterocycles. The van der Waals surface area contributed by atoms with Gasteiger partial charge in [-0.1, -0.05) is 24.3 Å². The van der Waals surface area contributed by atoms with Gasteiger partial charge < -0.3 is 14.5 Å². The Morgan fingerprint density at radius 2 is 1.45 bits per heavy atom. The molecule has 0 bridgehead atoms. The van der Waals surface area contributed by atoms with E-state index >= 15 is 0 Å². The number of hydrogen-bond acceptors (Lipinski definition) is 3. The van der Waals surface area contributed by atoms with Crippen LogP contribution in [0.1, 0.15) is 24.0 Å². The van der Waals surface area contributed by atoms with Gasteiger partial charge in [0.1, 0.15) is 11.6 Å². The summed E-state index contributed by atoms with van der Waals surface area (Å²) in [6.45, 7) is 2.43. The molecule has 0 spiro atoms. The number of nitrogens with zero attached hydrogens (tertiary/aromatic N) is 2. The van der Waals surface area contributed by atoms with E-state index in [0.717, 1.165) is 23.3 Å². The minimum atomic E-state index is -0.271. The lowest BCUT2D eigenvalue weighted by Crippen LogP contribution is -2.38. The van der Waals surface area contributed by atoms with Gasteiger partial charge in [-0.15, -0.1) is 0 Å². The first kappa shape index (κ1) is 20.8. The zero-order valence-electron chi connectivity index (χ0n) is 16.8. The highest BCUT2D eigenvalue weighted by molar-refractivity contribution is 5.79. The summed E-state index contributed by atoms with van der Waals surface area (Å²) >= 11 is 0. The highest BCUT2D eigenvalue weighted by atomic mass is 19.1. The number of amides is 2. The summed E-state index contributed by atoms with van der Waals surface area (Å²) < 4.78 is 18.1. The molecule has 1 saturated heterocycles. The van der Waals surface area contributed by atoms with Gasteiger partial charge in [-0.05, 0) is 48.2 Å². The molecule has 0 aromatic heterocycles. The molecule has 0 unspecified atom stereocenters. The molecule has 6 heteroatoms. The van der Waals surface area contributed by atoms with Gasteiger partial charge in [-0.3, -0.25) is 9.59 Å².